The fourth-order valence-electron chi connectivity index (χ4n) is 2.83. The van der Waals surface area contributed by atoms with Crippen molar-refractivity contribution in [2.45, 2.75) is 20.0 Å². The van der Waals surface area contributed by atoms with E-state index in [1.54, 1.807) is 66.9 Å². The summed E-state index contributed by atoms with van der Waals surface area (Å²) in [5.41, 5.74) is 1.46. The van der Waals surface area contributed by atoms with Gasteiger partial charge >= 0.3 is 6.18 Å². The van der Waals surface area contributed by atoms with Crippen molar-refractivity contribution < 1.29 is 22.7 Å². The number of carbonyl (C=O) groups excluding carboxylic acids is 1. The predicted octanol–water partition coefficient (Wildman–Crippen LogP) is 6.65. The van der Waals surface area contributed by atoms with Crippen LogP contribution < -0.4 is 20.7 Å². The summed E-state index contributed by atoms with van der Waals surface area (Å²) in [4.78, 5) is 24.2. The van der Waals surface area contributed by atoms with Crippen molar-refractivity contribution >= 4 is 79.9 Å². The Morgan fingerprint density at radius 3 is 2.49 bits per heavy atom. The highest BCUT2D eigenvalue weighted by atomic mass is 127. The van der Waals surface area contributed by atoms with Gasteiger partial charge in [-0.15, -0.1) is 0 Å². The highest BCUT2D eigenvalue weighted by Gasteiger charge is 2.35. The van der Waals surface area contributed by atoms with Crippen LogP contribution in [-0.4, -0.2) is 25.5 Å². The third-order valence-electron chi connectivity index (χ3n) is 4.54. The van der Waals surface area contributed by atoms with Gasteiger partial charge in [-0.25, -0.2) is 9.97 Å². The number of ether oxygens (including phenoxy) is 1. The van der Waals surface area contributed by atoms with Crippen LogP contribution in [0.3, 0.4) is 0 Å². The molecule has 0 saturated carbocycles. The molecular weight excluding hydrogens is 691 g/mol. The molecule has 0 aliphatic heterocycles. The summed E-state index contributed by atoms with van der Waals surface area (Å²) < 4.78 is 47.2. The van der Waals surface area contributed by atoms with E-state index in [9.17, 15) is 18.0 Å². The zero-order valence-electron chi connectivity index (χ0n) is 18.4. The minimum atomic E-state index is -4.72. The number of anilines is 5. The lowest BCUT2D eigenvalue weighted by Crippen LogP contribution is -2.15. The fourth-order valence-corrected chi connectivity index (χ4v) is 3.28. The van der Waals surface area contributed by atoms with Crippen LogP contribution in [0, 0.1) is 13.8 Å². The van der Waals surface area contributed by atoms with E-state index in [0.29, 0.717) is 27.9 Å². The van der Waals surface area contributed by atoms with Crippen LogP contribution in [0.4, 0.5) is 42.0 Å². The molecule has 2 heterocycles. The van der Waals surface area contributed by atoms with Gasteiger partial charge in [-0.05, 0) is 82.3 Å². The third kappa shape index (κ3) is 7.16. The number of benzene rings is 1. The van der Waals surface area contributed by atoms with E-state index in [-0.39, 0.29) is 20.9 Å². The Morgan fingerprint density at radius 2 is 1.83 bits per heavy atom. The average molecular weight is 710 g/mol. The molecule has 0 aliphatic rings. The molecule has 0 atom stereocenters. The second-order valence-corrected chi connectivity index (χ2v) is 9.13. The highest BCUT2D eigenvalue weighted by molar-refractivity contribution is 14.1. The van der Waals surface area contributed by atoms with E-state index in [2.05, 4.69) is 37.5 Å². The number of carbonyl (C=O) groups is 1. The van der Waals surface area contributed by atoms with Gasteiger partial charge in [0.05, 0.1) is 20.6 Å². The molecule has 1 amide bonds. The van der Waals surface area contributed by atoms with E-state index in [4.69, 9.17) is 4.74 Å². The van der Waals surface area contributed by atoms with E-state index >= 15 is 0 Å². The molecule has 0 unspecified atom stereocenters. The Balaban J connectivity index is 2.01. The van der Waals surface area contributed by atoms with Gasteiger partial charge in [0.25, 0.3) is 5.91 Å². The molecule has 0 fully saturated rings. The Bertz CT molecular complexity index is 1270. The van der Waals surface area contributed by atoms with Gasteiger partial charge in [-0.3, -0.25) is 4.79 Å². The first-order valence-electron chi connectivity index (χ1n) is 9.88. The average Bonchev–Trinajstić information content (AvgIpc) is 2.77. The molecule has 3 aromatic rings. The van der Waals surface area contributed by atoms with Gasteiger partial charge < -0.3 is 20.7 Å². The normalized spacial score (nSPS) is 11.1. The molecule has 8 nitrogen and oxygen atoms in total. The number of pyridine rings is 1. The predicted molar refractivity (Wildman–Crippen MR) is 145 cm³/mol. The molecule has 0 bridgehead atoms. The van der Waals surface area contributed by atoms with Crippen molar-refractivity contribution in [3.8, 4) is 5.88 Å². The first-order valence-corrected chi connectivity index (χ1v) is 12.5. The molecule has 2 aromatic heterocycles. The van der Waals surface area contributed by atoms with Crippen LogP contribution >= 0.6 is 45.2 Å². The van der Waals surface area contributed by atoms with Crippen LogP contribution in [0.25, 0.3) is 0 Å². The maximum absolute atomic E-state index is 13.7. The molecule has 3 N–H and O–H groups in total. The summed E-state index contributed by atoms with van der Waals surface area (Å²) in [5, 5.41) is 8.25. The number of aromatic nitrogens is 3. The summed E-state index contributed by atoms with van der Waals surface area (Å²) in [6, 6.07) is 6.48. The molecule has 0 spiro atoms. The second kappa shape index (κ2) is 11.4. The first-order chi connectivity index (χ1) is 16.5. The number of nitrogens with zero attached hydrogens (tertiary/aromatic N) is 3. The number of hydrogen-bond acceptors (Lipinski definition) is 7. The third-order valence-corrected chi connectivity index (χ3v) is 5.35. The van der Waals surface area contributed by atoms with Gasteiger partial charge in [0, 0.05) is 18.5 Å². The van der Waals surface area contributed by atoms with E-state index in [1.165, 1.54) is 0 Å². The molecule has 35 heavy (non-hydrogen) atoms. The van der Waals surface area contributed by atoms with Crippen LogP contribution in [0.2, 0.25) is 0 Å². The van der Waals surface area contributed by atoms with Crippen LogP contribution in [0.1, 0.15) is 16.7 Å². The maximum Gasteiger partial charge on any atom is 0.421 e. The Morgan fingerprint density at radius 1 is 1.09 bits per heavy atom. The second-order valence-electron chi connectivity index (χ2n) is 7.20. The summed E-state index contributed by atoms with van der Waals surface area (Å²) in [7, 11) is 0. The fraction of sp³-hybridized carbons (Fsp3) is 0.182. The number of hydrogen-bond donors (Lipinski definition) is 3. The van der Waals surface area contributed by atoms with Crippen molar-refractivity contribution in [3.63, 3.8) is 0 Å². The first kappa shape index (κ1) is 26.9. The number of aryl methyl sites for hydroxylation is 2. The molecule has 0 radical (unpaired) electrons. The summed E-state index contributed by atoms with van der Waals surface area (Å²) in [6.07, 6.45) is -2.47. The zero-order valence-corrected chi connectivity index (χ0v) is 22.7. The number of halogens is 5. The summed E-state index contributed by atoms with van der Waals surface area (Å²) >= 11 is 3.78. The summed E-state index contributed by atoms with van der Waals surface area (Å²) in [5.74, 6) is -0.695. The van der Waals surface area contributed by atoms with E-state index in [0.717, 1.165) is 5.56 Å². The topological polar surface area (TPSA) is 101 Å². The van der Waals surface area contributed by atoms with Crippen molar-refractivity contribution in [1.82, 2.24) is 15.0 Å². The molecular formula is C22H19F3I2N6O2. The molecule has 184 valence electrons. The maximum atomic E-state index is 13.7. The van der Waals surface area contributed by atoms with Gasteiger partial charge in [0.1, 0.15) is 16.0 Å². The van der Waals surface area contributed by atoms with Gasteiger partial charge in [0.15, 0.2) is 0 Å². The monoisotopic (exact) mass is 710 g/mol. The Hall–Kier alpha value is -2.69. The SMILES string of the molecule is C=C(I)C(=O)Nc1cc(C)ccc1Nc1nc(Nc2cc(OCI)ncc2C)ncc1C(F)(F)F. The lowest BCUT2D eigenvalue weighted by atomic mass is 10.1. The van der Waals surface area contributed by atoms with E-state index in [1.807, 2.05) is 22.6 Å². The number of nitrogens with one attached hydrogen (secondary N) is 3. The quantitative estimate of drug-likeness (QED) is 0.137. The van der Waals surface area contributed by atoms with Crippen LogP contribution in [-0.2, 0) is 11.0 Å². The largest absolute Gasteiger partial charge is 0.467 e. The van der Waals surface area contributed by atoms with Crippen LogP contribution in [0.15, 0.2) is 46.8 Å². The lowest BCUT2D eigenvalue weighted by Gasteiger charge is -2.18. The summed E-state index contributed by atoms with van der Waals surface area (Å²) in [6.45, 7) is 7.14. The molecule has 3 rings (SSSR count). The molecule has 0 saturated heterocycles. The van der Waals surface area contributed by atoms with Crippen molar-refractivity contribution in [2.24, 2.45) is 0 Å². The standard InChI is InChI=1S/C22H19F3I2N6O2/c1-11-4-5-15(17(6-11)31-20(34)13(3)27)30-19-14(22(23,24)25)9-29-21(33-19)32-16-7-18(35-10-26)28-8-12(16)2/h4-9H,3,10H2,1-2H3,(H,31,34)(H2,28,29,30,32,33). The molecule has 13 heteroatoms. The molecule has 1 aromatic carbocycles. The lowest BCUT2D eigenvalue weighted by molar-refractivity contribution is -0.137. The van der Waals surface area contributed by atoms with Crippen molar-refractivity contribution in [3.05, 3.63) is 63.5 Å². The van der Waals surface area contributed by atoms with Gasteiger partial charge in [-0.2, -0.15) is 18.2 Å². The highest BCUT2D eigenvalue weighted by Crippen LogP contribution is 2.37. The smallest absolute Gasteiger partial charge is 0.421 e. The Kier molecular flexibility index (Phi) is 8.74. The van der Waals surface area contributed by atoms with Crippen molar-refractivity contribution in [2.75, 3.05) is 20.6 Å². The van der Waals surface area contributed by atoms with Crippen molar-refractivity contribution in [1.29, 1.82) is 0 Å². The van der Waals surface area contributed by atoms with E-state index < -0.39 is 23.5 Å². The van der Waals surface area contributed by atoms with Crippen LogP contribution in [0.5, 0.6) is 5.88 Å². The Labute approximate surface area is 226 Å². The van der Waals surface area contributed by atoms with Gasteiger partial charge in [-0.1, -0.05) is 12.6 Å². The minimum absolute atomic E-state index is 0.0754. The number of alkyl halides is 4. The number of rotatable bonds is 8. The minimum Gasteiger partial charge on any atom is -0.467 e. The van der Waals surface area contributed by atoms with Gasteiger partial charge in [0.2, 0.25) is 11.8 Å². The zero-order chi connectivity index (χ0) is 25.8. The number of amides is 1. The molecule has 0 aliphatic carbocycles.